The first kappa shape index (κ1) is 22.3. The second kappa shape index (κ2) is 10.4. The van der Waals surface area contributed by atoms with Gasteiger partial charge in [0, 0.05) is 12.2 Å². The van der Waals surface area contributed by atoms with E-state index in [-0.39, 0.29) is 42.2 Å². The number of rotatable bonds is 8. The van der Waals surface area contributed by atoms with Crippen molar-refractivity contribution in [3.63, 3.8) is 0 Å². The van der Waals surface area contributed by atoms with E-state index in [1.54, 1.807) is 18.2 Å². The lowest BCUT2D eigenvalue weighted by Gasteiger charge is -2.25. The third-order valence-electron chi connectivity index (χ3n) is 3.88. The summed E-state index contributed by atoms with van der Waals surface area (Å²) in [6, 6.07) is 5.09. The van der Waals surface area contributed by atoms with Crippen molar-refractivity contribution in [2.24, 2.45) is 16.6 Å². The van der Waals surface area contributed by atoms with E-state index in [0.717, 1.165) is 12.8 Å². The molecule has 1 aromatic carbocycles. The van der Waals surface area contributed by atoms with E-state index in [4.69, 9.17) is 22.1 Å². The third-order valence-corrected chi connectivity index (χ3v) is 5.50. The number of methoxy groups -OCH3 is 1. The Labute approximate surface area is 170 Å². The number of hydrogen-bond acceptors (Lipinski definition) is 4. The first-order valence-corrected chi connectivity index (χ1v) is 9.80. The van der Waals surface area contributed by atoms with Crippen LogP contribution in [0.2, 0.25) is 5.02 Å². The molecule has 1 aromatic rings. The Morgan fingerprint density at radius 3 is 2.72 bits per heavy atom. The summed E-state index contributed by atoms with van der Waals surface area (Å²) in [4.78, 5) is 4.03. The minimum Gasteiger partial charge on any atom is -0.495 e. The first-order valence-electron chi connectivity index (χ1n) is 7.77. The number of nitrogens with zero attached hydrogens (tertiary/aromatic N) is 1. The fourth-order valence-corrected chi connectivity index (χ4v) is 3.46. The van der Waals surface area contributed by atoms with Crippen LogP contribution < -0.4 is 20.5 Å². The quantitative estimate of drug-likeness (QED) is 0.288. The van der Waals surface area contributed by atoms with Crippen molar-refractivity contribution in [2.75, 3.05) is 31.3 Å². The van der Waals surface area contributed by atoms with E-state index in [1.807, 2.05) is 0 Å². The highest BCUT2D eigenvalue weighted by Gasteiger charge is 2.19. The predicted octanol–water partition coefficient (Wildman–Crippen LogP) is 2.41. The highest BCUT2D eigenvalue weighted by atomic mass is 127. The minimum atomic E-state index is -3.32. The van der Waals surface area contributed by atoms with E-state index >= 15 is 0 Å². The normalized spacial score (nSPS) is 15.2. The van der Waals surface area contributed by atoms with Gasteiger partial charge in [0.2, 0.25) is 10.0 Å². The largest absolute Gasteiger partial charge is 0.495 e. The number of nitrogens with one attached hydrogen (secondary N) is 2. The van der Waals surface area contributed by atoms with Crippen LogP contribution in [0.25, 0.3) is 0 Å². The Balaban J connectivity index is 0.00000312. The molecule has 0 radical (unpaired) electrons. The van der Waals surface area contributed by atoms with Gasteiger partial charge in [-0.1, -0.05) is 18.0 Å². The summed E-state index contributed by atoms with van der Waals surface area (Å²) in [6.45, 7) is 0.604. The molecule has 1 aliphatic carbocycles. The fourth-order valence-electron chi connectivity index (χ4n) is 2.23. The number of anilines is 1. The molecule has 0 unspecified atom stereocenters. The molecule has 0 saturated heterocycles. The Morgan fingerprint density at radius 2 is 2.16 bits per heavy atom. The Hall–Kier alpha value is -0.780. The molecule has 4 N–H and O–H groups in total. The average Bonchev–Trinajstić information content (AvgIpc) is 2.45. The lowest BCUT2D eigenvalue weighted by atomic mass is 9.86. The molecule has 0 amide bonds. The van der Waals surface area contributed by atoms with Crippen LogP contribution in [-0.2, 0) is 10.0 Å². The van der Waals surface area contributed by atoms with Crippen LogP contribution in [0.3, 0.4) is 0 Å². The number of halogens is 2. The fraction of sp³-hybridized carbons (Fsp3) is 0.533. The van der Waals surface area contributed by atoms with Crippen LogP contribution in [0.5, 0.6) is 5.75 Å². The van der Waals surface area contributed by atoms with Gasteiger partial charge in [0.15, 0.2) is 5.96 Å². The van der Waals surface area contributed by atoms with Crippen molar-refractivity contribution in [1.29, 1.82) is 0 Å². The summed E-state index contributed by atoms with van der Waals surface area (Å²) in [5, 5.41) is 3.30. The molecule has 0 bridgehead atoms. The van der Waals surface area contributed by atoms with Crippen LogP contribution in [0.4, 0.5) is 5.69 Å². The monoisotopic (exact) mass is 502 g/mol. The molecular weight excluding hydrogens is 479 g/mol. The highest BCUT2D eigenvalue weighted by molar-refractivity contribution is 14.0. The number of nitrogens with two attached hydrogens (primary N) is 1. The SMILES string of the molecule is COc1ccc(NC(N)=NCCS(=O)(=O)NCC2CCC2)cc1Cl.I. The number of hydrogen-bond donors (Lipinski definition) is 3. The van der Waals surface area contributed by atoms with Crippen LogP contribution >= 0.6 is 35.6 Å². The van der Waals surface area contributed by atoms with Gasteiger partial charge in [0.1, 0.15) is 5.75 Å². The molecule has 0 spiro atoms. The maximum atomic E-state index is 11.9. The van der Waals surface area contributed by atoms with E-state index < -0.39 is 10.0 Å². The second-order valence-electron chi connectivity index (χ2n) is 5.71. The molecule has 0 heterocycles. The minimum absolute atomic E-state index is 0. The van der Waals surface area contributed by atoms with E-state index in [2.05, 4.69) is 15.0 Å². The van der Waals surface area contributed by atoms with Gasteiger partial charge in [-0.15, -0.1) is 24.0 Å². The molecular formula is C15H24ClIN4O3S. The Kier molecular flexibility index (Phi) is 9.25. The molecule has 0 aliphatic heterocycles. The van der Waals surface area contributed by atoms with Crippen LogP contribution in [0.15, 0.2) is 23.2 Å². The van der Waals surface area contributed by atoms with Crippen molar-refractivity contribution >= 4 is 57.2 Å². The van der Waals surface area contributed by atoms with Gasteiger partial charge < -0.3 is 15.8 Å². The lowest BCUT2D eigenvalue weighted by molar-refractivity contribution is 0.316. The van der Waals surface area contributed by atoms with Crippen molar-refractivity contribution < 1.29 is 13.2 Å². The van der Waals surface area contributed by atoms with Crippen molar-refractivity contribution in [1.82, 2.24) is 4.72 Å². The molecule has 142 valence electrons. The molecule has 2 rings (SSSR count). The van der Waals surface area contributed by atoms with E-state index in [1.165, 1.54) is 13.5 Å². The van der Waals surface area contributed by atoms with Gasteiger partial charge in [0.05, 0.1) is 24.4 Å². The molecule has 0 atom stereocenters. The zero-order valence-corrected chi connectivity index (χ0v) is 17.9. The van der Waals surface area contributed by atoms with Crippen LogP contribution in [-0.4, -0.2) is 40.3 Å². The van der Waals surface area contributed by atoms with Crippen molar-refractivity contribution in [3.8, 4) is 5.75 Å². The molecule has 25 heavy (non-hydrogen) atoms. The van der Waals surface area contributed by atoms with Crippen molar-refractivity contribution in [3.05, 3.63) is 23.2 Å². The number of benzene rings is 1. The number of guanidine groups is 1. The third kappa shape index (κ3) is 7.55. The summed E-state index contributed by atoms with van der Waals surface area (Å²) in [6.07, 6.45) is 3.39. The summed E-state index contributed by atoms with van der Waals surface area (Å²) < 4.78 is 31.4. The Morgan fingerprint density at radius 1 is 1.44 bits per heavy atom. The van der Waals surface area contributed by atoms with Crippen LogP contribution in [0, 0.1) is 5.92 Å². The molecule has 1 saturated carbocycles. The van der Waals surface area contributed by atoms with Gasteiger partial charge >= 0.3 is 0 Å². The zero-order chi connectivity index (χ0) is 17.6. The Bertz CT molecular complexity index is 696. The summed E-state index contributed by atoms with van der Waals surface area (Å²) >= 11 is 6.02. The standard InChI is InChI=1S/C15H23ClN4O3S.HI/c1-23-14-6-5-12(9-13(14)16)20-15(17)18-7-8-24(21,22)19-10-11-3-2-4-11;/h5-6,9,11,19H,2-4,7-8,10H2,1H3,(H3,17,18,20);1H. The number of ether oxygens (including phenoxy) is 1. The van der Waals surface area contributed by atoms with Gasteiger partial charge in [-0.3, -0.25) is 4.99 Å². The highest BCUT2D eigenvalue weighted by Crippen LogP contribution is 2.27. The summed E-state index contributed by atoms with van der Waals surface area (Å²) in [5.74, 6) is 1.08. The van der Waals surface area contributed by atoms with Crippen LogP contribution in [0.1, 0.15) is 19.3 Å². The number of aliphatic imine (C=N–C) groups is 1. The smallest absolute Gasteiger partial charge is 0.213 e. The lowest BCUT2D eigenvalue weighted by Crippen LogP contribution is -2.34. The maximum Gasteiger partial charge on any atom is 0.213 e. The molecule has 0 aromatic heterocycles. The van der Waals surface area contributed by atoms with Gasteiger partial charge in [-0.05, 0) is 37.0 Å². The van der Waals surface area contributed by atoms with E-state index in [9.17, 15) is 8.42 Å². The van der Waals surface area contributed by atoms with Gasteiger partial charge in [0.25, 0.3) is 0 Å². The summed E-state index contributed by atoms with van der Waals surface area (Å²) in [5.41, 5.74) is 6.40. The molecule has 7 nitrogen and oxygen atoms in total. The van der Waals surface area contributed by atoms with Crippen molar-refractivity contribution in [2.45, 2.75) is 19.3 Å². The predicted molar refractivity (Wildman–Crippen MR) is 113 cm³/mol. The number of sulfonamides is 1. The van der Waals surface area contributed by atoms with Gasteiger partial charge in [-0.2, -0.15) is 0 Å². The zero-order valence-electron chi connectivity index (χ0n) is 14.0. The van der Waals surface area contributed by atoms with Gasteiger partial charge in [-0.25, -0.2) is 13.1 Å². The summed E-state index contributed by atoms with van der Waals surface area (Å²) in [7, 11) is -1.78. The topological polar surface area (TPSA) is 106 Å². The first-order chi connectivity index (χ1) is 11.4. The molecule has 10 heteroatoms. The molecule has 1 fully saturated rings. The second-order valence-corrected chi connectivity index (χ2v) is 8.04. The molecule has 1 aliphatic rings. The van der Waals surface area contributed by atoms with E-state index in [0.29, 0.717) is 28.9 Å². The maximum absolute atomic E-state index is 11.9. The average molecular weight is 503 g/mol.